The van der Waals surface area contributed by atoms with Crippen LogP contribution in [-0.4, -0.2) is 43.8 Å². The Labute approximate surface area is 74.9 Å². The summed E-state index contributed by atoms with van der Waals surface area (Å²) < 4.78 is 5.29. The van der Waals surface area contributed by atoms with Crippen molar-refractivity contribution in [2.75, 3.05) is 32.8 Å². The van der Waals surface area contributed by atoms with E-state index in [1.54, 1.807) is 0 Å². The second kappa shape index (κ2) is 5.51. The normalized spacial score (nSPS) is 21.5. The van der Waals surface area contributed by atoms with E-state index in [4.69, 9.17) is 10.5 Å². The van der Waals surface area contributed by atoms with E-state index in [1.165, 1.54) is 0 Å². The first-order valence-electron chi connectivity index (χ1n) is 4.88. The summed E-state index contributed by atoms with van der Waals surface area (Å²) in [7, 11) is 0. The van der Waals surface area contributed by atoms with Crippen LogP contribution in [-0.2, 0) is 4.74 Å². The van der Waals surface area contributed by atoms with Crippen molar-refractivity contribution in [3.05, 3.63) is 0 Å². The van der Waals surface area contributed by atoms with Gasteiger partial charge in [0, 0.05) is 19.2 Å². The summed E-state index contributed by atoms with van der Waals surface area (Å²) >= 11 is 0. The van der Waals surface area contributed by atoms with Gasteiger partial charge in [0.15, 0.2) is 0 Å². The molecule has 0 amide bonds. The fourth-order valence-corrected chi connectivity index (χ4v) is 1.51. The van der Waals surface area contributed by atoms with Crippen molar-refractivity contribution in [2.45, 2.75) is 25.8 Å². The van der Waals surface area contributed by atoms with Crippen LogP contribution in [0.3, 0.4) is 0 Å². The lowest BCUT2D eigenvalue weighted by atomic mass is 10.1. The Morgan fingerprint density at radius 1 is 1.42 bits per heavy atom. The van der Waals surface area contributed by atoms with Gasteiger partial charge in [-0.3, -0.25) is 0 Å². The predicted octanol–water partition coefficient (Wildman–Crippen LogP) is 0.446. The molecule has 1 saturated heterocycles. The molecule has 12 heavy (non-hydrogen) atoms. The molecule has 3 nitrogen and oxygen atoms in total. The molecule has 72 valence electrons. The van der Waals surface area contributed by atoms with Gasteiger partial charge in [-0.05, 0) is 32.9 Å². The topological polar surface area (TPSA) is 38.5 Å². The zero-order chi connectivity index (χ0) is 8.81. The molecule has 0 aliphatic carbocycles. The highest BCUT2D eigenvalue weighted by molar-refractivity contribution is 4.73. The van der Waals surface area contributed by atoms with Gasteiger partial charge in [0.05, 0.1) is 6.61 Å². The molecular formula is C9H20N2O. The van der Waals surface area contributed by atoms with Crippen LogP contribution in [0.4, 0.5) is 0 Å². The van der Waals surface area contributed by atoms with Gasteiger partial charge in [-0.25, -0.2) is 0 Å². The Kier molecular flexibility index (Phi) is 4.58. The van der Waals surface area contributed by atoms with Crippen molar-refractivity contribution in [3.8, 4) is 0 Å². The second-order valence-corrected chi connectivity index (χ2v) is 3.38. The molecule has 0 saturated carbocycles. The fourth-order valence-electron chi connectivity index (χ4n) is 1.51. The maximum Gasteiger partial charge on any atom is 0.0593 e. The van der Waals surface area contributed by atoms with Crippen LogP contribution in [0.25, 0.3) is 0 Å². The van der Waals surface area contributed by atoms with Crippen LogP contribution < -0.4 is 5.73 Å². The SMILES string of the molecule is CCOCCN1CCC(N)CC1. The van der Waals surface area contributed by atoms with Gasteiger partial charge < -0.3 is 15.4 Å². The molecule has 0 unspecified atom stereocenters. The Balaban J connectivity index is 2.01. The number of likely N-dealkylation sites (tertiary alicyclic amines) is 1. The van der Waals surface area contributed by atoms with Crippen molar-refractivity contribution in [2.24, 2.45) is 5.73 Å². The Hall–Kier alpha value is -0.120. The molecule has 0 spiro atoms. The molecule has 1 aliphatic heterocycles. The third-order valence-corrected chi connectivity index (χ3v) is 2.39. The summed E-state index contributed by atoms with van der Waals surface area (Å²) in [6, 6.07) is 0.438. The number of nitrogens with two attached hydrogens (primary N) is 1. The van der Waals surface area contributed by atoms with E-state index in [0.29, 0.717) is 6.04 Å². The van der Waals surface area contributed by atoms with Crippen LogP contribution in [0.5, 0.6) is 0 Å². The van der Waals surface area contributed by atoms with Gasteiger partial charge in [0.1, 0.15) is 0 Å². The van der Waals surface area contributed by atoms with Gasteiger partial charge in [0.2, 0.25) is 0 Å². The van der Waals surface area contributed by atoms with Crippen molar-refractivity contribution < 1.29 is 4.74 Å². The molecule has 1 fully saturated rings. The number of hydrogen-bond acceptors (Lipinski definition) is 3. The molecule has 1 rings (SSSR count). The predicted molar refractivity (Wildman–Crippen MR) is 50.1 cm³/mol. The molecule has 0 aromatic rings. The molecule has 1 heterocycles. The summed E-state index contributed by atoms with van der Waals surface area (Å²) in [6.07, 6.45) is 2.29. The maximum absolute atomic E-state index is 5.79. The Morgan fingerprint density at radius 3 is 2.67 bits per heavy atom. The van der Waals surface area contributed by atoms with E-state index < -0.39 is 0 Å². The largest absolute Gasteiger partial charge is 0.380 e. The third kappa shape index (κ3) is 3.52. The molecule has 1 aliphatic rings. The van der Waals surface area contributed by atoms with E-state index >= 15 is 0 Å². The fraction of sp³-hybridized carbons (Fsp3) is 1.00. The number of ether oxygens (including phenoxy) is 1. The van der Waals surface area contributed by atoms with E-state index in [-0.39, 0.29) is 0 Å². The van der Waals surface area contributed by atoms with Gasteiger partial charge in [-0.1, -0.05) is 0 Å². The minimum absolute atomic E-state index is 0.438. The maximum atomic E-state index is 5.79. The highest BCUT2D eigenvalue weighted by atomic mass is 16.5. The molecule has 0 bridgehead atoms. The summed E-state index contributed by atoms with van der Waals surface area (Å²) in [5, 5.41) is 0. The van der Waals surface area contributed by atoms with Crippen LogP contribution in [0.15, 0.2) is 0 Å². The smallest absolute Gasteiger partial charge is 0.0593 e. The van der Waals surface area contributed by atoms with Gasteiger partial charge >= 0.3 is 0 Å². The average Bonchev–Trinajstić information content (AvgIpc) is 2.09. The molecular weight excluding hydrogens is 152 g/mol. The molecule has 0 radical (unpaired) electrons. The number of hydrogen-bond donors (Lipinski definition) is 1. The molecule has 3 heteroatoms. The van der Waals surface area contributed by atoms with E-state index in [1.807, 2.05) is 6.92 Å². The first-order valence-corrected chi connectivity index (χ1v) is 4.88. The standard InChI is InChI=1S/C9H20N2O/c1-2-12-8-7-11-5-3-9(10)4-6-11/h9H,2-8,10H2,1H3. The van der Waals surface area contributed by atoms with E-state index in [2.05, 4.69) is 4.90 Å². The number of piperidine rings is 1. The molecule has 2 N–H and O–H groups in total. The summed E-state index contributed by atoms with van der Waals surface area (Å²) in [5.41, 5.74) is 5.79. The minimum Gasteiger partial charge on any atom is -0.380 e. The highest BCUT2D eigenvalue weighted by Crippen LogP contribution is 2.06. The number of nitrogens with zero attached hydrogens (tertiary/aromatic N) is 1. The molecule has 0 aromatic carbocycles. The van der Waals surface area contributed by atoms with Gasteiger partial charge in [-0.15, -0.1) is 0 Å². The van der Waals surface area contributed by atoms with Crippen LogP contribution in [0, 0.1) is 0 Å². The third-order valence-electron chi connectivity index (χ3n) is 2.39. The first kappa shape index (κ1) is 9.96. The van der Waals surface area contributed by atoms with Gasteiger partial charge in [0.25, 0.3) is 0 Å². The lowest BCUT2D eigenvalue weighted by molar-refractivity contribution is 0.102. The van der Waals surface area contributed by atoms with Crippen LogP contribution >= 0.6 is 0 Å². The lowest BCUT2D eigenvalue weighted by Gasteiger charge is -2.29. The summed E-state index contributed by atoms with van der Waals surface area (Å²) in [4.78, 5) is 2.43. The molecule has 0 aromatic heterocycles. The summed E-state index contributed by atoms with van der Waals surface area (Å²) in [6.45, 7) is 7.09. The summed E-state index contributed by atoms with van der Waals surface area (Å²) in [5.74, 6) is 0. The minimum atomic E-state index is 0.438. The van der Waals surface area contributed by atoms with Crippen molar-refractivity contribution in [1.29, 1.82) is 0 Å². The van der Waals surface area contributed by atoms with E-state index in [0.717, 1.165) is 45.7 Å². The Bertz CT molecular complexity index is 111. The van der Waals surface area contributed by atoms with Crippen LogP contribution in [0.1, 0.15) is 19.8 Å². The first-order chi connectivity index (χ1) is 5.83. The number of rotatable bonds is 4. The zero-order valence-corrected chi connectivity index (χ0v) is 7.96. The zero-order valence-electron chi connectivity index (χ0n) is 7.96. The second-order valence-electron chi connectivity index (χ2n) is 3.38. The van der Waals surface area contributed by atoms with Gasteiger partial charge in [-0.2, -0.15) is 0 Å². The van der Waals surface area contributed by atoms with Crippen molar-refractivity contribution >= 4 is 0 Å². The van der Waals surface area contributed by atoms with Crippen molar-refractivity contribution in [1.82, 2.24) is 4.90 Å². The van der Waals surface area contributed by atoms with Crippen molar-refractivity contribution in [3.63, 3.8) is 0 Å². The molecule has 0 atom stereocenters. The average molecular weight is 172 g/mol. The Morgan fingerprint density at radius 2 is 2.08 bits per heavy atom. The van der Waals surface area contributed by atoms with Crippen LogP contribution in [0.2, 0.25) is 0 Å². The van der Waals surface area contributed by atoms with E-state index in [9.17, 15) is 0 Å². The monoisotopic (exact) mass is 172 g/mol. The quantitative estimate of drug-likeness (QED) is 0.626. The highest BCUT2D eigenvalue weighted by Gasteiger charge is 2.14. The lowest BCUT2D eigenvalue weighted by Crippen LogP contribution is -2.41.